The molecule has 43 heavy (non-hydrogen) atoms. The molecule has 1 aliphatic rings. The molecule has 0 radical (unpaired) electrons. The molecular weight excluding hydrogens is 584 g/mol. The molecule has 8 nitrogen and oxygen atoms in total. The second-order valence-corrected chi connectivity index (χ2v) is 11.4. The summed E-state index contributed by atoms with van der Waals surface area (Å²) in [4.78, 5) is 44.7. The van der Waals surface area contributed by atoms with Crippen LogP contribution in [0.5, 0.6) is 11.5 Å². The quantitative estimate of drug-likeness (QED) is 0.237. The van der Waals surface area contributed by atoms with Gasteiger partial charge >= 0.3 is 0 Å². The van der Waals surface area contributed by atoms with Crippen LogP contribution in [0.4, 0.5) is 5.69 Å². The van der Waals surface area contributed by atoms with Gasteiger partial charge in [0.2, 0.25) is 11.8 Å². The van der Waals surface area contributed by atoms with Gasteiger partial charge in [0.1, 0.15) is 29.5 Å². The number of carbonyl (C=O) groups excluding carboxylic acids is 3. The summed E-state index contributed by atoms with van der Waals surface area (Å²) in [6.45, 7) is 3.28. The number of rotatable bonds is 10. The number of thiophene rings is 1. The van der Waals surface area contributed by atoms with Gasteiger partial charge in [0, 0.05) is 36.7 Å². The van der Waals surface area contributed by atoms with Crippen molar-refractivity contribution in [3.63, 3.8) is 0 Å². The maximum Gasteiger partial charge on any atom is 0.251 e. The van der Waals surface area contributed by atoms with Crippen LogP contribution in [0, 0.1) is 6.92 Å². The number of nitrogens with zero attached hydrogens (tertiary/aromatic N) is 2. The molecule has 2 N–H and O–H groups in total. The highest BCUT2D eigenvalue weighted by Crippen LogP contribution is 2.36. The van der Waals surface area contributed by atoms with Gasteiger partial charge in [0.15, 0.2) is 0 Å². The van der Waals surface area contributed by atoms with Gasteiger partial charge in [-0.3, -0.25) is 19.3 Å². The molecule has 0 spiro atoms. The van der Waals surface area contributed by atoms with E-state index in [1.54, 1.807) is 17.0 Å². The number of hydrogen-bond donors (Lipinski definition) is 2. The van der Waals surface area contributed by atoms with E-state index in [1.165, 1.54) is 16.2 Å². The average molecular weight is 617 g/mol. The van der Waals surface area contributed by atoms with Gasteiger partial charge in [-0.2, -0.15) is 0 Å². The van der Waals surface area contributed by atoms with Crippen LogP contribution in [0.2, 0.25) is 0 Å². The standard InChI is InChI=1S/C33H33ClN4O4S/c1-23-19-26(42-25-11-6-3-7-12-25)14-15-28(23)38(30(39)20-34)31(29-13-8-18-43-29)33(41)37-17-16-35-27(22-37)32(40)36-21-24-9-4-2-5-10-24/h2-15,18-19,27,31,35H,16-17,20-22H2,1H3,(H,36,40)/t27-,31-/m1/s1. The Hall–Kier alpha value is -4.18. The summed E-state index contributed by atoms with van der Waals surface area (Å²) in [5.41, 5.74) is 2.30. The Morgan fingerprint density at radius 1 is 1.02 bits per heavy atom. The summed E-state index contributed by atoms with van der Waals surface area (Å²) in [5.74, 6) is 0.135. The van der Waals surface area contributed by atoms with Crippen LogP contribution < -0.4 is 20.3 Å². The number of para-hydroxylation sites is 1. The van der Waals surface area contributed by atoms with E-state index in [-0.39, 0.29) is 24.2 Å². The van der Waals surface area contributed by atoms with Gasteiger partial charge in [-0.15, -0.1) is 22.9 Å². The topological polar surface area (TPSA) is 91.0 Å². The van der Waals surface area contributed by atoms with E-state index in [4.69, 9.17) is 16.3 Å². The summed E-state index contributed by atoms with van der Waals surface area (Å²) < 4.78 is 5.99. The lowest BCUT2D eigenvalue weighted by Crippen LogP contribution is -2.60. The summed E-state index contributed by atoms with van der Waals surface area (Å²) in [6, 6.07) is 26.6. The third-order valence-corrected chi connectivity index (χ3v) is 8.36. The number of aryl methyl sites for hydroxylation is 1. The lowest BCUT2D eigenvalue weighted by atomic mass is 10.1. The largest absolute Gasteiger partial charge is 0.457 e. The molecule has 4 aromatic rings. The van der Waals surface area contributed by atoms with Crippen molar-refractivity contribution in [3.05, 3.63) is 112 Å². The zero-order valence-electron chi connectivity index (χ0n) is 23.7. The van der Waals surface area contributed by atoms with Crippen molar-refractivity contribution in [1.29, 1.82) is 0 Å². The molecule has 2 atom stereocenters. The number of carbonyl (C=O) groups is 3. The van der Waals surface area contributed by atoms with E-state index < -0.39 is 18.0 Å². The summed E-state index contributed by atoms with van der Waals surface area (Å²) in [7, 11) is 0. The fraction of sp³-hybridized carbons (Fsp3) is 0.242. The number of piperazine rings is 1. The molecule has 5 rings (SSSR count). The highest BCUT2D eigenvalue weighted by Gasteiger charge is 2.39. The van der Waals surface area contributed by atoms with E-state index in [9.17, 15) is 14.4 Å². The number of hydrogen-bond acceptors (Lipinski definition) is 6. The van der Waals surface area contributed by atoms with Crippen molar-refractivity contribution in [2.24, 2.45) is 0 Å². The molecular formula is C33H33ClN4O4S. The van der Waals surface area contributed by atoms with Crippen LogP contribution in [0.25, 0.3) is 0 Å². The smallest absolute Gasteiger partial charge is 0.251 e. The molecule has 3 amide bonds. The molecule has 0 aliphatic carbocycles. The third kappa shape index (κ3) is 7.43. The van der Waals surface area contributed by atoms with Gasteiger partial charge in [0.25, 0.3) is 5.91 Å². The Morgan fingerprint density at radius 3 is 2.44 bits per heavy atom. The molecule has 3 aromatic carbocycles. The van der Waals surface area contributed by atoms with E-state index >= 15 is 0 Å². The first-order valence-electron chi connectivity index (χ1n) is 14.0. The average Bonchev–Trinajstić information content (AvgIpc) is 3.58. The van der Waals surface area contributed by atoms with Crippen molar-refractivity contribution in [2.45, 2.75) is 25.6 Å². The number of nitrogens with one attached hydrogen (secondary N) is 2. The van der Waals surface area contributed by atoms with Crippen LogP contribution in [0.1, 0.15) is 22.0 Å². The number of halogens is 1. The SMILES string of the molecule is Cc1cc(Oc2ccccc2)ccc1N(C(=O)CCl)[C@@H](C(=O)N1CCN[C@@H](C(=O)NCc2ccccc2)C1)c1cccs1. The number of alkyl halides is 1. The van der Waals surface area contributed by atoms with E-state index in [2.05, 4.69) is 10.6 Å². The van der Waals surface area contributed by atoms with Gasteiger partial charge < -0.3 is 20.3 Å². The molecule has 0 unspecified atom stereocenters. The Kier molecular flexibility index (Phi) is 10.1. The van der Waals surface area contributed by atoms with Crippen molar-refractivity contribution in [1.82, 2.24) is 15.5 Å². The number of ether oxygens (including phenoxy) is 1. The minimum atomic E-state index is -0.947. The summed E-state index contributed by atoms with van der Waals surface area (Å²) in [6.07, 6.45) is 0. The third-order valence-electron chi connectivity index (χ3n) is 7.21. The number of benzene rings is 3. The van der Waals surface area contributed by atoms with Crippen molar-refractivity contribution >= 4 is 46.3 Å². The molecule has 1 aliphatic heterocycles. The second kappa shape index (κ2) is 14.3. The summed E-state index contributed by atoms with van der Waals surface area (Å²) >= 11 is 7.53. The zero-order valence-corrected chi connectivity index (χ0v) is 25.3. The predicted octanol–water partition coefficient (Wildman–Crippen LogP) is 5.28. The molecule has 0 saturated carbocycles. The van der Waals surface area contributed by atoms with Crippen LogP contribution >= 0.6 is 22.9 Å². The normalized spacial score (nSPS) is 15.4. The lowest BCUT2D eigenvalue weighted by Gasteiger charge is -2.38. The molecule has 222 valence electrons. The summed E-state index contributed by atoms with van der Waals surface area (Å²) in [5, 5.41) is 8.06. The highest BCUT2D eigenvalue weighted by molar-refractivity contribution is 7.10. The molecule has 2 heterocycles. The molecule has 1 saturated heterocycles. The van der Waals surface area contributed by atoms with Crippen molar-refractivity contribution < 1.29 is 19.1 Å². The van der Waals surface area contributed by atoms with Crippen LogP contribution in [-0.4, -0.2) is 54.2 Å². The highest BCUT2D eigenvalue weighted by atomic mass is 35.5. The number of anilines is 1. The first kappa shape index (κ1) is 30.3. The van der Waals surface area contributed by atoms with Gasteiger partial charge in [-0.05, 0) is 59.8 Å². The van der Waals surface area contributed by atoms with E-state index in [0.29, 0.717) is 41.7 Å². The Labute approximate surface area is 260 Å². The fourth-order valence-corrected chi connectivity index (χ4v) is 6.02. The van der Waals surface area contributed by atoms with Crippen LogP contribution in [0.3, 0.4) is 0 Å². The van der Waals surface area contributed by atoms with Gasteiger partial charge in [0.05, 0.1) is 0 Å². The van der Waals surface area contributed by atoms with E-state index in [0.717, 1.165) is 11.1 Å². The van der Waals surface area contributed by atoms with E-state index in [1.807, 2.05) is 91.2 Å². The minimum Gasteiger partial charge on any atom is -0.457 e. The monoisotopic (exact) mass is 616 g/mol. The maximum absolute atomic E-state index is 14.3. The lowest BCUT2D eigenvalue weighted by molar-refractivity contribution is -0.137. The van der Waals surface area contributed by atoms with Crippen molar-refractivity contribution in [2.75, 3.05) is 30.4 Å². The fourth-order valence-electron chi connectivity index (χ4n) is 5.08. The van der Waals surface area contributed by atoms with Gasteiger partial charge in [-0.1, -0.05) is 54.6 Å². The first-order valence-corrected chi connectivity index (χ1v) is 15.4. The molecule has 1 aromatic heterocycles. The second-order valence-electron chi connectivity index (χ2n) is 10.2. The zero-order chi connectivity index (χ0) is 30.2. The molecule has 10 heteroatoms. The van der Waals surface area contributed by atoms with Gasteiger partial charge in [-0.25, -0.2) is 0 Å². The predicted molar refractivity (Wildman–Crippen MR) is 170 cm³/mol. The Morgan fingerprint density at radius 2 is 1.77 bits per heavy atom. The first-order chi connectivity index (χ1) is 20.9. The van der Waals surface area contributed by atoms with Crippen molar-refractivity contribution in [3.8, 4) is 11.5 Å². The number of amides is 3. The maximum atomic E-state index is 14.3. The Bertz CT molecular complexity index is 1540. The minimum absolute atomic E-state index is 0.174. The Balaban J connectivity index is 1.39. The van der Waals surface area contributed by atoms with Crippen LogP contribution in [0.15, 0.2) is 96.4 Å². The molecule has 0 bridgehead atoms. The van der Waals surface area contributed by atoms with Crippen LogP contribution in [-0.2, 0) is 20.9 Å². The molecule has 1 fully saturated rings.